The third-order valence-electron chi connectivity index (χ3n) is 5.49. The molecule has 174 valence electrons. The molecule has 2 radical (unpaired) electrons. The van der Waals surface area contributed by atoms with Gasteiger partial charge in [-0.25, -0.2) is 14.5 Å². The molecule has 35 heavy (non-hydrogen) atoms. The lowest BCUT2D eigenvalue weighted by Gasteiger charge is -2.19. The predicted molar refractivity (Wildman–Crippen MR) is 125 cm³/mol. The number of imidazole rings is 1. The molecule has 0 bridgehead atoms. The number of aryl methyl sites for hydroxylation is 1. The average Bonchev–Trinajstić information content (AvgIpc) is 3.45. The van der Waals surface area contributed by atoms with Gasteiger partial charge >= 0.3 is 6.18 Å². The molecule has 5 rings (SSSR count). The third kappa shape index (κ3) is 4.81. The summed E-state index contributed by atoms with van der Waals surface area (Å²) < 4.78 is 41.8. The minimum absolute atomic E-state index is 0.0893. The highest BCUT2D eigenvalue weighted by atomic mass is 19.4. The smallest absolute Gasteiger partial charge is 0.344 e. The van der Waals surface area contributed by atoms with Crippen LogP contribution in [-0.2, 0) is 19.3 Å². The zero-order valence-corrected chi connectivity index (χ0v) is 18.7. The number of halogens is 3. The first-order chi connectivity index (χ1) is 16.8. The molecule has 11 heteroatoms. The van der Waals surface area contributed by atoms with E-state index in [-0.39, 0.29) is 18.7 Å². The molecule has 0 atom stereocenters. The molecule has 1 aromatic carbocycles. The van der Waals surface area contributed by atoms with Gasteiger partial charge in [-0.05, 0) is 42.8 Å². The highest BCUT2D eigenvalue weighted by molar-refractivity contribution is 6.04. The van der Waals surface area contributed by atoms with Crippen LogP contribution in [0, 0.1) is 6.92 Å². The molecule has 0 fully saturated rings. The van der Waals surface area contributed by atoms with Gasteiger partial charge in [0.15, 0.2) is 13.6 Å². The normalized spacial score (nSPS) is 12.0. The van der Waals surface area contributed by atoms with Crippen molar-refractivity contribution in [1.29, 1.82) is 0 Å². The molecule has 4 aromatic heterocycles. The lowest BCUT2D eigenvalue weighted by molar-refractivity contribution is -0.138. The molecule has 1 N–H and O–H groups in total. The van der Waals surface area contributed by atoms with Gasteiger partial charge in [0.2, 0.25) is 0 Å². The van der Waals surface area contributed by atoms with E-state index in [2.05, 4.69) is 20.1 Å². The summed E-state index contributed by atoms with van der Waals surface area (Å²) in [6.45, 7) is 1.88. The molecule has 0 saturated heterocycles. The minimum atomic E-state index is -4.46. The van der Waals surface area contributed by atoms with Crippen LogP contribution in [0.3, 0.4) is 0 Å². The lowest BCUT2D eigenvalue weighted by Crippen LogP contribution is -2.22. The summed E-state index contributed by atoms with van der Waals surface area (Å²) >= 11 is 0. The first-order valence-electron chi connectivity index (χ1n) is 10.8. The number of aromatic nitrogens is 6. The molecule has 0 amide bonds. The minimum Gasteiger partial charge on any atom is -0.344 e. The first kappa shape index (κ1) is 22.8. The zero-order chi connectivity index (χ0) is 24.6. The molecule has 0 aliphatic rings. The molecule has 0 aliphatic heterocycles. The van der Waals surface area contributed by atoms with E-state index in [1.165, 1.54) is 23.3 Å². The van der Waals surface area contributed by atoms with Crippen molar-refractivity contribution in [3.05, 3.63) is 89.8 Å². The molecule has 7 nitrogen and oxygen atoms in total. The van der Waals surface area contributed by atoms with Crippen molar-refractivity contribution in [3.63, 3.8) is 0 Å². The number of rotatable bonds is 6. The Kier molecular flexibility index (Phi) is 5.85. The maximum atomic E-state index is 13.4. The van der Waals surface area contributed by atoms with Crippen LogP contribution in [-0.4, -0.2) is 42.3 Å². The van der Waals surface area contributed by atoms with Gasteiger partial charge in [0.1, 0.15) is 12.2 Å². The van der Waals surface area contributed by atoms with Crippen LogP contribution in [0.25, 0.3) is 28.3 Å². The van der Waals surface area contributed by atoms with Crippen molar-refractivity contribution in [3.8, 4) is 22.6 Å². The van der Waals surface area contributed by atoms with E-state index in [0.29, 0.717) is 28.6 Å². The molecular formula is C24H19BF3N7. The van der Waals surface area contributed by atoms with Crippen LogP contribution in [0.4, 0.5) is 13.2 Å². The molecule has 0 saturated carbocycles. The maximum Gasteiger partial charge on any atom is 0.416 e. The Balaban J connectivity index is 1.49. The van der Waals surface area contributed by atoms with E-state index >= 15 is 0 Å². The van der Waals surface area contributed by atoms with Gasteiger partial charge in [-0.1, -0.05) is 24.3 Å². The number of H-pyrrole nitrogens is 1. The Bertz CT molecular complexity index is 1490. The van der Waals surface area contributed by atoms with Gasteiger partial charge in [0, 0.05) is 30.5 Å². The SMILES string of the molecule is [B]N(Cc1nc(-c2ccc3ncnn3c2)c(-c2cccc(C)n2)[nH]1)Cc1ccccc1C(F)(F)F. The van der Waals surface area contributed by atoms with Gasteiger partial charge < -0.3 is 9.79 Å². The van der Waals surface area contributed by atoms with Crippen LogP contribution in [0.2, 0.25) is 0 Å². The fraction of sp³-hybridized carbons (Fsp3) is 0.167. The fourth-order valence-electron chi connectivity index (χ4n) is 3.93. The quantitative estimate of drug-likeness (QED) is 0.365. The van der Waals surface area contributed by atoms with E-state index < -0.39 is 11.7 Å². The average molecular weight is 473 g/mol. The van der Waals surface area contributed by atoms with Crippen molar-refractivity contribution >= 4 is 13.6 Å². The molecule has 4 heterocycles. The maximum absolute atomic E-state index is 13.4. The molecule has 0 aliphatic carbocycles. The number of nitrogens with one attached hydrogen (secondary N) is 1. The highest BCUT2D eigenvalue weighted by Crippen LogP contribution is 2.33. The summed E-state index contributed by atoms with van der Waals surface area (Å²) in [5.74, 6) is 0.490. The lowest BCUT2D eigenvalue weighted by atomic mass is 10.1. The van der Waals surface area contributed by atoms with Gasteiger partial charge in [-0.3, -0.25) is 4.98 Å². The van der Waals surface area contributed by atoms with Crippen molar-refractivity contribution in [1.82, 2.24) is 34.4 Å². The topological polar surface area (TPSA) is 75.0 Å². The second kappa shape index (κ2) is 8.99. The fourth-order valence-corrected chi connectivity index (χ4v) is 3.93. The van der Waals surface area contributed by atoms with Crippen LogP contribution < -0.4 is 0 Å². The number of fused-ring (bicyclic) bond motifs is 1. The van der Waals surface area contributed by atoms with Crippen molar-refractivity contribution in [2.45, 2.75) is 26.2 Å². The largest absolute Gasteiger partial charge is 0.416 e. The monoisotopic (exact) mass is 473 g/mol. The number of pyridine rings is 2. The Morgan fingerprint density at radius 3 is 2.63 bits per heavy atom. The van der Waals surface area contributed by atoms with E-state index in [1.807, 2.05) is 37.3 Å². The van der Waals surface area contributed by atoms with Gasteiger partial charge in [0.25, 0.3) is 0 Å². The Morgan fingerprint density at radius 2 is 1.83 bits per heavy atom. The van der Waals surface area contributed by atoms with Crippen LogP contribution in [0.5, 0.6) is 0 Å². The zero-order valence-electron chi connectivity index (χ0n) is 18.7. The molecular weight excluding hydrogens is 454 g/mol. The number of alkyl halides is 3. The Hall–Kier alpha value is -3.99. The molecule has 0 spiro atoms. The number of benzene rings is 1. The number of hydrogen-bond acceptors (Lipinski definition) is 5. The summed E-state index contributed by atoms with van der Waals surface area (Å²) in [5, 5.41) is 4.18. The van der Waals surface area contributed by atoms with Crippen LogP contribution in [0.1, 0.15) is 22.6 Å². The summed E-state index contributed by atoms with van der Waals surface area (Å²) in [6.07, 6.45) is -1.19. The summed E-state index contributed by atoms with van der Waals surface area (Å²) in [6, 6.07) is 14.7. The summed E-state index contributed by atoms with van der Waals surface area (Å²) in [4.78, 5) is 18.1. The van der Waals surface area contributed by atoms with Gasteiger partial charge in [-0.2, -0.15) is 18.3 Å². The van der Waals surface area contributed by atoms with E-state index in [1.54, 1.807) is 16.8 Å². The predicted octanol–water partition coefficient (Wildman–Crippen LogP) is 4.59. The van der Waals surface area contributed by atoms with Crippen molar-refractivity contribution < 1.29 is 13.2 Å². The summed E-state index contributed by atoms with van der Waals surface area (Å²) in [7, 11) is 6.14. The first-order valence-corrected chi connectivity index (χ1v) is 10.8. The second-order valence-electron chi connectivity index (χ2n) is 8.11. The van der Waals surface area contributed by atoms with E-state index in [4.69, 9.17) is 13.0 Å². The van der Waals surface area contributed by atoms with Crippen LogP contribution >= 0.6 is 0 Å². The van der Waals surface area contributed by atoms with Crippen LogP contribution in [0.15, 0.2) is 67.1 Å². The third-order valence-corrected chi connectivity index (χ3v) is 5.49. The molecule has 0 unspecified atom stereocenters. The van der Waals surface area contributed by atoms with Gasteiger partial charge in [-0.15, -0.1) is 0 Å². The highest BCUT2D eigenvalue weighted by Gasteiger charge is 2.33. The second-order valence-corrected chi connectivity index (χ2v) is 8.11. The van der Waals surface area contributed by atoms with E-state index in [0.717, 1.165) is 17.3 Å². The number of nitrogens with zero attached hydrogens (tertiary/aromatic N) is 6. The van der Waals surface area contributed by atoms with Crippen molar-refractivity contribution in [2.24, 2.45) is 0 Å². The standard InChI is InChI=1S/C24H19BF3N7/c1-15-5-4-8-19(31-15)23-22(17-9-10-21-29-14-30-35(21)12-17)32-20(33-23)13-34(25)11-16-6-2-3-7-18(16)24(26,27)28/h2-10,12,14H,11,13H2,1H3,(H,32,33). The summed E-state index contributed by atoms with van der Waals surface area (Å²) in [5.41, 5.74) is 3.66. The van der Waals surface area contributed by atoms with E-state index in [9.17, 15) is 13.2 Å². The van der Waals surface area contributed by atoms with Crippen molar-refractivity contribution in [2.75, 3.05) is 0 Å². The number of hydrogen-bond donors (Lipinski definition) is 1. The Labute approximate surface area is 200 Å². The molecule has 5 aromatic rings. The Morgan fingerprint density at radius 1 is 1.00 bits per heavy atom. The van der Waals surface area contributed by atoms with Gasteiger partial charge in [0.05, 0.1) is 22.6 Å². The number of aromatic amines is 1.